The number of carbonyl (C=O) groups is 3. The zero-order valence-electron chi connectivity index (χ0n) is 30.3. The van der Waals surface area contributed by atoms with E-state index in [4.69, 9.17) is 9.72 Å². The van der Waals surface area contributed by atoms with Gasteiger partial charge in [0.2, 0.25) is 11.8 Å². The average molecular weight is 749 g/mol. The summed E-state index contributed by atoms with van der Waals surface area (Å²) in [5, 5.41) is 5.03. The normalized spacial score (nSPS) is 21.7. The van der Waals surface area contributed by atoms with Crippen LogP contribution in [0.15, 0.2) is 54.9 Å². The van der Waals surface area contributed by atoms with Crippen molar-refractivity contribution >= 4 is 29.1 Å². The molecule has 2 saturated heterocycles. The number of alkyl halides is 3. The molecule has 2 N–H and O–H groups in total. The number of fused-ring (bicyclic) bond motifs is 1. The van der Waals surface area contributed by atoms with Crippen molar-refractivity contribution in [2.45, 2.75) is 95.2 Å². The van der Waals surface area contributed by atoms with E-state index in [1.807, 2.05) is 32.2 Å². The minimum atomic E-state index is -4.68. The Morgan fingerprint density at radius 2 is 1.72 bits per heavy atom. The molecule has 1 atom stereocenters. The quantitative estimate of drug-likeness (QED) is 0.134. The molecule has 0 radical (unpaired) electrons. The van der Waals surface area contributed by atoms with Crippen LogP contribution in [0.2, 0.25) is 0 Å². The first-order valence-electron chi connectivity index (χ1n) is 18.7. The molecular weight excluding hydrogens is 704 g/mol. The highest BCUT2D eigenvalue weighted by atomic mass is 19.4. The van der Waals surface area contributed by atoms with E-state index in [1.165, 1.54) is 12.1 Å². The number of rotatable bonds is 9. The number of nitrogens with one attached hydrogen (secondary N) is 2. The minimum Gasteiger partial charge on any atom is -0.489 e. The molecule has 3 fully saturated rings. The maximum Gasteiger partial charge on any atom is 0.433 e. The Morgan fingerprint density at radius 1 is 0.963 bits per heavy atom. The number of benzene rings is 1. The number of pyridine rings is 2. The Hall–Kier alpha value is -4.85. The molecule has 3 aromatic heterocycles. The average Bonchev–Trinajstić information content (AvgIpc) is 3.54. The number of aromatic nitrogens is 3. The first kappa shape index (κ1) is 37.5. The molecule has 54 heavy (non-hydrogen) atoms. The Morgan fingerprint density at radius 3 is 2.41 bits per heavy atom. The number of likely N-dealkylation sites (tertiary alicyclic amines) is 1. The van der Waals surface area contributed by atoms with E-state index in [0.717, 1.165) is 76.0 Å². The second-order valence-electron chi connectivity index (χ2n) is 15.1. The highest BCUT2D eigenvalue weighted by Gasteiger charge is 2.34. The van der Waals surface area contributed by atoms with Crippen LogP contribution in [-0.2, 0) is 15.8 Å². The summed E-state index contributed by atoms with van der Waals surface area (Å²) in [6.07, 6.45) is 5.18. The van der Waals surface area contributed by atoms with Crippen molar-refractivity contribution in [2.24, 2.45) is 5.92 Å². The number of hydrogen-bond donors (Lipinski definition) is 2. The van der Waals surface area contributed by atoms with Crippen LogP contribution in [0.3, 0.4) is 0 Å². The van der Waals surface area contributed by atoms with E-state index in [1.54, 1.807) is 16.7 Å². The molecule has 14 heteroatoms. The van der Waals surface area contributed by atoms with Gasteiger partial charge in [-0.1, -0.05) is 18.2 Å². The van der Waals surface area contributed by atoms with E-state index < -0.39 is 23.7 Å². The highest BCUT2D eigenvalue weighted by Crippen LogP contribution is 2.39. The van der Waals surface area contributed by atoms with Crippen molar-refractivity contribution in [3.05, 3.63) is 88.9 Å². The number of halogens is 4. The van der Waals surface area contributed by atoms with Gasteiger partial charge < -0.3 is 19.4 Å². The van der Waals surface area contributed by atoms with Gasteiger partial charge in [-0.05, 0) is 113 Å². The van der Waals surface area contributed by atoms with E-state index in [2.05, 4.69) is 20.5 Å². The van der Waals surface area contributed by atoms with Gasteiger partial charge >= 0.3 is 6.18 Å². The number of carbonyl (C=O) groups excluding carboxylic acids is 3. The maximum atomic E-state index is 15.3. The summed E-state index contributed by atoms with van der Waals surface area (Å²) < 4.78 is 62.7. The zero-order valence-corrected chi connectivity index (χ0v) is 30.3. The van der Waals surface area contributed by atoms with Gasteiger partial charge in [0.25, 0.3) is 5.91 Å². The molecular formula is C40H44F4N6O4. The number of nitrogens with zero attached hydrogens (tertiary/aromatic N) is 4. The third-order valence-electron chi connectivity index (χ3n) is 10.9. The zero-order chi connectivity index (χ0) is 38.1. The van der Waals surface area contributed by atoms with Gasteiger partial charge in [0.15, 0.2) is 0 Å². The Kier molecular flexibility index (Phi) is 10.7. The molecule has 3 aliphatic rings. The smallest absolute Gasteiger partial charge is 0.433 e. The van der Waals surface area contributed by atoms with Gasteiger partial charge in [-0.25, -0.2) is 14.4 Å². The molecule has 0 bridgehead atoms. The molecule has 1 unspecified atom stereocenters. The lowest BCUT2D eigenvalue weighted by Gasteiger charge is -2.36. The van der Waals surface area contributed by atoms with Crippen molar-refractivity contribution in [3.63, 3.8) is 0 Å². The Bertz CT molecular complexity index is 2030. The van der Waals surface area contributed by atoms with Gasteiger partial charge in [0.05, 0.1) is 17.7 Å². The van der Waals surface area contributed by atoms with Crippen molar-refractivity contribution in [1.29, 1.82) is 0 Å². The number of amides is 3. The third kappa shape index (κ3) is 8.43. The minimum absolute atomic E-state index is 0.125. The van der Waals surface area contributed by atoms with E-state index in [0.29, 0.717) is 40.5 Å². The van der Waals surface area contributed by atoms with Gasteiger partial charge in [-0.3, -0.25) is 19.7 Å². The number of ether oxygens (including phenoxy) is 1. The molecule has 7 rings (SSSR count). The fourth-order valence-electron chi connectivity index (χ4n) is 8.12. The highest BCUT2D eigenvalue weighted by molar-refractivity contribution is 6.03. The van der Waals surface area contributed by atoms with Gasteiger partial charge in [-0.15, -0.1) is 0 Å². The summed E-state index contributed by atoms with van der Waals surface area (Å²) in [5.41, 5.74) is 1.69. The molecule has 3 amide bonds. The molecule has 5 heterocycles. The van der Waals surface area contributed by atoms with Crippen molar-refractivity contribution in [3.8, 4) is 5.75 Å². The lowest BCUT2D eigenvalue weighted by Crippen LogP contribution is -2.39. The van der Waals surface area contributed by atoms with Crippen LogP contribution >= 0.6 is 0 Å². The van der Waals surface area contributed by atoms with Crippen LogP contribution in [0.4, 0.5) is 23.2 Å². The summed E-state index contributed by atoms with van der Waals surface area (Å²) in [7, 11) is 0. The molecule has 2 aliphatic heterocycles. The van der Waals surface area contributed by atoms with Crippen molar-refractivity contribution in [1.82, 2.24) is 24.6 Å². The second kappa shape index (κ2) is 15.5. The summed E-state index contributed by atoms with van der Waals surface area (Å²) in [6, 6.07) is 10.1. The van der Waals surface area contributed by atoms with Crippen LogP contribution in [0.25, 0.3) is 5.65 Å². The fraction of sp³-hybridized carbons (Fsp3) is 0.475. The summed E-state index contributed by atoms with van der Waals surface area (Å²) in [6.45, 7) is 6.48. The summed E-state index contributed by atoms with van der Waals surface area (Å²) in [4.78, 5) is 47.7. The van der Waals surface area contributed by atoms with E-state index in [-0.39, 0.29) is 47.7 Å². The van der Waals surface area contributed by atoms with Gasteiger partial charge in [0, 0.05) is 37.3 Å². The first-order chi connectivity index (χ1) is 25.8. The molecule has 10 nitrogen and oxygen atoms in total. The van der Waals surface area contributed by atoms with E-state index in [9.17, 15) is 27.6 Å². The van der Waals surface area contributed by atoms with Crippen LogP contribution in [0.1, 0.15) is 116 Å². The largest absolute Gasteiger partial charge is 0.489 e. The lowest BCUT2D eigenvalue weighted by atomic mass is 9.80. The molecule has 1 aliphatic carbocycles. The predicted molar refractivity (Wildman–Crippen MR) is 193 cm³/mol. The van der Waals surface area contributed by atoms with Crippen LogP contribution in [-0.4, -0.2) is 62.7 Å². The Balaban J connectivity index is 0.937. The third-order valence-corrected chi connectivity index (χ3v) is 10.9. The van der Waals surface area contributed by atoms with Gasteiger partial charge in [-0.2, -0.15) is 13.2 Å². The fourth-order valence-corrected chi connectivity index (χ4v) is 8.12. The standard InChI is InChI=1S/C40H44F4N6O4/c1-23(2)54-34-19-36-46-32(21-50(36)22-33(34)47-39(53)31-4-3-5-35(45-31)40(42,43)44)26-8-6-24(7-9-26)20-49-16-14-25(15-17-49)28-11-10-27(18-30(28)41)29-12-13-37(51)48-38(29)52/h3-5,10-11,18-19,21-26,29H,6-9,12-17,20H2,1-2H3,(H,47,53)(H,48,51,52)/t24-,26-,29?. The predicted octanol–water partition coefficient (Wildman–Crippen LogP) is 7.60. The molecule has 1 aromatic carbocycles. The summed E-state index contributed by atoms with van der Waals surface area (Å²) >= 11 is 0. The Labute approximate surface area is 310 Å². The molecule has 1 saturated carbocycles. The van der Waals surface area contributed by atoms with Crippen LogP contribution in [0.5, 0.6) is 5.75 Å². The molecule has 286 valence electrons. The van der Waals surface area contributed by atoms with Crippen LogP contribution in [0, 0.1) is 11.7 Å². The monoisotopic (exact) mass is 748 g/mol. The number of hydrogen-bond acceptors (Lipinski definition) is 7. The first-order valence-corrected chi connectivity index (χ1v) is 18.7. The topological polar surface area (TPSA) is 118 Å². The number of imidazole rings is 1. The van der Waals surface area contributed by atoms with E-state index >= 15 is 4.39 Å². The number of piperidine rings is 2. The van der Waals surface area contributed by atoms with Crippen molar-refractivity contribution in [2.75, 3.05) is 25.0 Å². The number of imide groups is 1. The van der Waals surface area contributed by atoms with Crippen molar-refractivity contribution < 1.29 is 36.7 Å². The molecule has 0 spiro atoms. The van der Waals surface area contributed by atoms with Gasteiger partial charge in [0.1, 0.15) is 34.3 Å². The summed E-state index contributed by atoms with van der Waals surface area (Å²) in [5.74, 6) is -0.911. The lowest BCUT2D eigenvalue weighted by molar-refractivity contribution is -0.141. The maximum absolute atomic E-state index is 15.3. The second-order valence-corrected chi connectivity index (χ2v) is 15.1. The number of anilines is 1. The SMILES string of the molecule is CC(C)Oc1cc2nc([C@H]3CC[C@H](CN4CCC(c5ccc(C6CCC(=O)NC6=O)cc5F)CC4)CC3)cn2cc1NC(=O)c1cccc(C(F)(F)F)n1. The van der Waals surface area contributed by atoms with Crippen LogP contribution < -0.4 is 15.4 Å². The molecule has 4 aromatic rings.